The predicted octanol–water partition coefficient (Wildman–Crippen LogP) is 16.4. The molecule has 4 nitrogen and oxygen atoms in total. The maximum absolute atomic E-state index is 12.4. The first-order valence-electron chi connectivity index (χ1n) is 28.4. The molecule has 0 saturated heterocycles. The topological polar surface area (TPSA) is 72.2 Å². The van der Waals surface area contributed by atoms with Gasteiger partial charge in [-0.05, 0) is 231 Å². The molecule has 0 aromatic rings. The number of nitrogens with two attached hydrogens (primary N) is 1. The molecule has 3 N–H and O–H groups in total. The average Bonchev–Trinajstić information content (AvgIpc) is 3.80. The third-order valence-corrected chi connectivity index (χ3v) is 26.1. The first-order chi connectivity index (χ1) is 31.8. The van der Waals surface area contributed by atoms with Crippen molar-refractivity contribution >= 4 is 22.8 Å². The monoisotopic (exact) mass is 1140 g/mol. The van der Waals surface area contributed by atoms with E-state index in [1.165, 1.54) is 132 Å². The molecular weight excluding hydrogens is 1040 g/mol. The Hall–Kier alpha value is 0.298. The van der Waals surface area contributed by atoms with Crippen LogP contribution >= 0.6 is 11.6 Å². The summed E-state index contributed by atoms with van der Waals surface area (Å²) >= 11 is 4.64. The molecule has 0 unspecified atom stereocenters. The van der Waals surface area contributed by atoms with Gasteiger partial charge in [0.05, 0.1) is 0 Å². The number of rotatable bonds is 3. The van der Waals surface area contributed by atoms with Crippen molar-refractivity contribution in [1.29, 1.82) is 0 Å². The van der Waals surface area contributed by atoms with Gasteiger partial charge < -0.3 is 11.1 Å². The van der Waals surface area contributed by atoms with Crippen LogP contribution in [-0.2, 0) is 75.0 Å². The van der Waals surface area contributed by atoms with E-state index in [1.807, 2.05) is 0 Å². The van der Waals surface area contributed by atoms with Gasteiger partial charge in [-0.1, -0.05) is 106 Å². The van der Waals surface area contributed by atoms with E-state index < -0.39 is 0 Å². The number of carbonyl (C=O) groups is 2. The fourth-order valence-electron chi connectivity index (χ4n) is 22.3. The van der Waals surface area contributed by atoms with Gasteiger partial charge in [0.15, 0.2) is 0 Å². The molecule has 1 amide bonds. The fourth-order valence-corrected chi connectivity index (χ4v) is 22.3. The van der Waals surface area contributed by atoms with Gasteiger partial charge in [-0.25, -0.2) is 37.1 Å². The molecule has 394 valence electrons. The minimum Gasteiger partial charge on any atom is -0.351 e. The third-order valence-electron chi connectivity index (χ3n) is 26.1. The Morgan fingerprint density at radius 1 is 0.549 bits per heavy atom. The molecule has 10 aliphatic rings. The van der Waals surface area contributed by atoms with Crippen molar-refractivity contribution in [2.75, 3.05) is 0 Å². The molecule has 0 aliphatic heterocycles. The predicted molar refractivity (Wildman–Crippen MR) is 291 cm³/mol. The summed E-state index contributed by atoms with van der Waals surface area (Å²) in [6, 6.07) is 0. The van der Waals surface area contributed by atoms with Crippen molar-refractivity contribution in [2.24, 2.45) is 108 Å². The zero-order valence-corrected chi connectivity index (χ0v) is 54.3. The van der Waals surface area contributed by atoms with E-state index in [2.05, 4.69) is 139 Å². The SMILES string of the molecule is C=C(C)[C@@H]1CC[C@]2(N)CC[C@]3(C)[C@H](CC[C@@H]4[C@@]5(C)CC=C([CH2-])C(C)(C)[C@@H]5CC[C@]43C)[C@@H]12.C=C(C)[C@@H]1CC[C@]2(NC(C)=O)CC[C@]3(C)[C@H](CC[C@@H]4[C@@]5(C)CC=C([CH2-])C(C)(C)[C@@H]5CC[C@]43C)[C@@H]12.CC(=O)Cl.[Y].[Y]. The minimum absolute atomic E-state index is 0. The van der Waals surface area contributed by atoms with Crippen LogP contribution < -0.4 is 11.1 Å². The Labute approximate surface area is 491 Å². The average molecular weight is 1140 g/mol. The number of allylic oxidation sites excluding steroid dienone is 6. The Morgan fingerprint density at radius 3 is 1.37 bits per heavy atom. The summed E-state index contributed by atoms with van der Waals surface area (Å²) in [5.41, 5.74) is 15.5. The summed E-state index contributed by atoms with van der Waals surface area (Å²) in [6.07, 6.45) is 28.1. The molecule has 0 aromatic carbocycles. The van der Waals surface area contributed by atoms with E-state index in [4.69, 9.17) is 5.73 Å². The van der Waals surface area contributed by atoms with Gasteiger partial charge in [-0.3, -0.25) is 9.59 Å². The van der Waals surface area contributed by atoms with Crippen molar-refractivity contribution < 1.29 is 75.0 Å². The van der Waals surface area contributed by atoms with Crippen molar-refractivity contribution in [3.8, 4) is 0 Å². The second kappa shape index (κ2) is 20.2. The fraction of sp³-hybridized carbons (Fsp3) is 0.812. The maximum Gasteiger partial charge on any atom is 0.218 e. The molecule has 7 heteroatoms. The first kappa shape index (κ1) is 60.5. The van der Waals surface area contributed by atoms with Crippen LogP contribution in [0.1, 0.15) is 213 Å². The molecule has 8 fully saturated rings. The summed E-state index contributed by atoms with van der Waals surface area (Å²) in [7, 11) is 0. The largest absolute Gasteiger partial charge is 0.351 e. The smallest absolute Gasteiger partial charge is 0.218 e. The summed E-state index contributed by atoms with van der Waals surface area (Å²) in [6.45, 7) is 51.4. The molecule has 0 heterocycles. The van der Waals surface area contributed by atoms with E-state index in [0.29, 0.717) is 62.1 Å². The van der Waals surface area contributed by atoms with E-state index in [-0.39, 0.29) is 98.5 Å². The number of halogens is 1. The molecule has 2 radical (unpaired) electrons. The van der Waals surface area contributed by atoms with Gasteiger partial charge in [0.2, 0.25) is 11.1 Å². The van der Waals surface area contributed by atoms with Crippen molar-refractivity contribution in [2.45, 2.75) is 224 Å². The normalized spacial score (nSPS) is 49.1. The Balaban J connectivity index is 0.000000211. The Morgan fingerprint density at radius 2 is 0.944 bits per heavy atom. The number of carbonyl (C=O) groups excluding carboxylic acids is 2. The van der Waals surface area contributed by atoms with E-state index in [1.54, 1.807) is 6.92 Å². The molecule has 10 aliphatic carbocycles. The molecular formula is C64H101ClN2O2Y2-2. The van der Waals surface area contributed by atoms with Crippen LogP contribution in [0.15, 0.2) is 47.6 Å². The quantitative estimate of drug-likeness (QED) is 0.168. The van der Waals surface area contributed by atoms with Crippen molar-refractivity contribution in [3.05, 3.63) is 61.4 Å². The number of hydrogen-bond donors (Lipinski definition) is 2. The molecule has 8 saturated carbocycles. The summed E-state index contributed by atoms with van der Waals surface area (Å²) in [5, 5.41) is 3.19. The Bertz CT molecular complexity index is 2160. The van der Waals surface area contributed by atoms with Crippen LogP contribution in [0, 0.1) is 116 Å². The van der Waals surface area contributed by atoms with Crippen LogP contribution in [0.3, 0.4) is 0 Å². The van der Waals surface area contributed by atoms with Gasteiger partial charge in [0, 0.05) is 90.3 Å². The first-order valence-corrected chi connectivity index (χ1v) is 28.7. The van der Waals surface area contributed by atoms with Gasteiger partial charge >= 0.3 is 0 Å². The van der Waals surface area contributed by atoms with Crippen LogP contribution in [0.25, 0.3) is 0 Å². The molecule has 0 aromatic heterocycles. The third kappa shape index (κ3) is 8.96. The number of hydrogen-bond acceptors (Lipinski definition) is 3. The molecule has 10 rings (SSSR count). The summed E-state index contributed by atoms with van der Waals surface area (Å²) < 4.78 is 0. The molecule has 0 bridgehead atoms. The number of amides is 1. The van der Waals surface area contributed by atoms with E-state index in [9.17, 15) is 9.59 Å². The van der Waals surface area contributed by atoms with Crippen LogP contribution in [0.4, 0.5) is 0 Å². The zero-order valence-electron chi connectivity index (χ0n) is 47.9. The van der Waals surface area contributed by atoms with Crippen LogP contribution in [-0.4, -0.2) is 22.2 Å². The molecule has 0 spiro atoms. The molecule has 71 heavy (non-hydrogen) atoms. The van der Waals surface area contributed by atoms with Gasteiger partial charge in [-0.15, -0.1) is 0 Å². The second-order valence-electron chi connectivity index (χ2n) is 29.2. The zero-order chi connectivity index (χ0) is 51.1. The summed E-state index contributed by atoms with van der Waals surface area (Å²) in [4.78, 5) is 21.6. The summed E-state index contributed by atoms with van der Waals surface area (Å²) in [5.74, 6) is 7.08. The van der Waals surface area contributed by atoms with Gasteiger partial charge in [-0.2, -0.15) is 0 Å². The van der Waals surface area contributed by atoms with Crippen molar-refractivity contribution in [1.82, 2.24) is 5.32 Å². The standard InChI is InChI=1S/C32H50NO.C30H48N.C2H3ClO.2Y/c1-20(2)23-13-17-32(33-22(4)34)19-18-30(8)24(27(23)32)10-11-26-29(7)15-12-21(3)28(5,6)25(29)14-16-31(26,30)9;1-19(2)21-12-16-30(31)18-17-28(7)22(25(21)30)9-10-24-27(6)14-11-20(3)26(4,5)23(27)13-15-29(24,28)8;1-2(3)4;;/h12,23-27H,1,3,10-11,13-19H2,2,4-9H3,(H,33,34);11,21-25H,1,3,9-10,12-18,31H2,2,4-8H3;1H3;;/q2*-1;;;/t23-,24+,25-,26+,27+,29-,30+,31+,32-;21-,22+,23-,24+,25+,27-,28+,29+,30-;;;/m00.../s1. The van der Waals surface area contributed by atoms with Gasteiger partial charge in [0.25, 0.3) is 0 Å². The maximum atomic E-state index is 12.4. The van der Waals surface area contributed by atoms with Crippen LogP contribution in [0.2, 0.25) is 0 Å². The Kier molecular flexibility index (Phi) is 17.2. The second-order valence-corrected chi connectivity index (χ2v) is 29.8. The van der Waals surface area contributed by atoms with Gasteiger partial charge in [0.1, 0.15) is 0 Å². The van der Waals surface area contributed by atoms with Crippen LogP contribution in [0.5, 0.6) is 0 Å². The van der Waals surface area contributed by atoms with E-state index >= 15 is 0 Å². The van der Waals surface area contributed by atoms with Crippen molar-refractivity contribution in [3.63, 3.8) is 0 Å². The van der Waals surface area contributed by atoms with E-state index in [0.717, 1.165) is 42.4 Å². The number of fused-ring (bicyclic) bond motifs is 14. The number of nitrogens with one attached hydrogen (secondary N) is 1. The minimum atomic E-state index is -0.361. The molecule has 18 atom stereocenters.